The number of amides is 1. The van der Waals surface area contributed by atoms with Crippen molar-refractivity contribution in [3.63, 3.8) is 0 Å². The molecule has 0 aromatic carbocycles. The molecule has 1 aliphatic rings. The Morgan fingerprint density at radius 2 is 2.20 bits per heavy atom. The number of rotatable bonds is 3. The quantitative estimate of drug-likeness (QED) is 0.702. The minimum atomic E-state index is -0.622. The Hall–Kier alpha value is -3.23. The zero-order valence-corrected chi connectivity index (χ0v) is 13.3. The van der Waals surface area contributed by atoms with Crippen LogP contribution in [0.3, 0.4) is 0 Å². The molecule has 4 rings (SSSR count). The molecule has 9 nitrogen and oxygen atoms in total. The van der Waals surface area contributed by atoms with Crippen LogP contribution in [0.5, 0.6) is 0 Å². The average molecular weight is 340 g/mol. The highest BCUT2D eigenvalue weighted by atomic mass is 16.2. The van der Waals surface area contributed by atoms with E-state index in [0.717, 1.165) is 12.8 Å². The summed E-state index contributed by atoms with van der Waals surface area (Å²) in [6.45, 7) is 1.29. The maximum atomic E-state index is 12.9. The number of nitrogens with one attached hydrogen (secondary N) is 2. The van der Waals surface area contributed by atoms with Gasteiger partial charge in [0.2, 0.25) is 0 Å². The van der Waals surface area contributed by atoms with Crippen molar-refractivity contribution in [2.45, 2.75) is 25.4 Å². The van der Waals surface area contributed by atoms with Crippen molar-refractivity contribution >= 4 is 16.9 Å². The number of carbonyl (C=O) groups is 1. The number of aromatic amines is 2. The van der Waals surface area contributed by atoms with E-state index in [1.54, 1.807) is 11.1 Å². The summed E-state index contributed by atoms with van der Waals surface area (Å²) in [5.41, 5.74) is -0.685. The third-order valence-corrected chi connectivity index (χ3v) is 4.43. The van der Waals surface area contributed by atoms with Gasteiger partial charge in [-0.15, -0.1) is 0 Å². The van der Waals surface area contributed by atoms with Gasteiger partial charge in [0, 0.05) is 25.1 Å². The van der Waals surface area contributed by atoms with Gasteiger partial charge < -0.3 is 4.90 Å². The van der Waals surface area contributed by atoms with Crippen molar-refractivity contribution in [2.24, 2.45) is 0 Å². The van der Waals surface area contributed by atoms with E-state index in [1.165, 1.54) is 12.3 Å². The topological polar surface area (TPSA) is 117 Å². The van der Waals surface area contributed by atoms with Gasteiger partial charge in [-0.1, -0.05) is 0 Å². The molecule has 2 N–H and O–H groups in total. The Morgan fingerprint density at radius 3 is 3.00 bits per heavy atom. The fraction of sp³-hybridized carbons (Fsp3) is 0.312. The average Bonchev–Trinajstić information content (AvgIpc) is 3.26. The summed E-state index contributed by atoms with van der Waals surface area (Å²) in [6, 6.07) is 3.38. The molecule has 128 valence electrons. The predicted molar refractivity (Wildman–Crippen MR) is 89.3 cm³/mol. The van der Waals surface area contributed by atoms with Gasteiger partial charge in [-0.05, 0) is 25.0 Å². The fourth-order valence-electron chi connectivity index (χ4n) is 3.25. The molecule has 3 aromatic heterocycles. The van der Waals surface area contributed by atoms with Crippen molar-refractivity contribution in [3.8, 4) is 0 Å². The Morgan fingerprint density at radius 1 is 1.32 bits per heavy atom. The van der Waals surface area contributed by atoms with E-state index in [1.807, 2.05) is 16.9 Å². The van der Waals surface area contributed by atoms with Gasteiger partial charge in [0.25, 0.3) is 11.5 Å². The summed E-state index contributed by atoms with van der Waals surface area (Å²) in [5.74, 6) is -0.172. The molecule has 0 radical (unpaired) electrons. The number of nitrogens with zero attached hydrogens (tertiary/aromatic N) is 4. The second-order valence-electron chi connectivity index (χ2n) is 6.05. The predicted octanol–water partition coefficient (Wildman–Crippen LogP) is 0.113. The lowest BCUT2D eigenvalue weighted by Gasteiger charge is -2.24. The first-order valence-corrected chi connectivity index (χ1v) is 8.02. The van der Waals surface area contributed by atoms with Gasteiger partial charge in [-0.25, -0.2) is 9.78 Å². The van der Waals surface area contributed by atoms with Crippen molar-refractivity contribution < 1.29 is 4.79 Å². The van der Waals surface area contributed by atoms with Crippen LogP contribution >= 0.6 is 0 Å². The summed E-state index contributed by atoms with van der Waals surface area (Å²) in [6.07, 6.45) is 6.80. The van der Waals surface area contributed by atoms with Crippen molar-refractivity contribution in [2.75, 3.05) is 6.54 Å². The SMILES string of the molecule is O=C(c1cnc2[nH]c(=O)[nH]c(=O)c2c1)N1CCC[C@@H]1Cn1cccn1. The number of hydrogen-bond donors (Lipinski definition) is 2. The lowest BCUT2D eigenvalue weighted by Crippen LogP contribution is -2.38. The third kappa shape index (κ3) is 2.84. The van der Waals surface area contributed by atoms with Gasteiger partial charge >= 0.3 is 5.69 Å². The summed E-state index contributed by atoms with van der Waals surface area (Å²) in [4.78, 5) is 46.5. The Labute approximate surface area is 141 Å². The van der Waals surface area contributed by atoms with Gasteiger partial charge in [-0.3, -0.25) is 24.2 Å². The first kappa shape index (κ1) is 15.3. The molecule has 0 unspecified atom stereocenters. The lowest BCUT2D eigenvalue weighted by molar-refractivity contribution is 0.0721. The number of pyridine rings is 1. The molecule has 1 saturated heterocycles. The molecule has 1 atom stereocenters. The maximum Gasteiger partial charge on any atom is 0.327 e. The zero-order valence-electron chi connectivity index (χ0n) is 13.3. The van der Waals surface area contributed by atoms with E-state index >= 15 is 0 Å². The van der Waals surface area contributed by atoms with Crippen molar-refractivity contribution in [3.05, 3.63) is 57.1 Å². The Bertz CT molecular complexity index is 1040. The first-order valence-electron chi connectivity index (χ1n) is 8.02. The van der Waals surface area contributed by atoms with Gasteiger partial charge in [0.05, 0.1) is 23.5 Å². The molecule has 3 aromatic rings. The van der Waals surface area contributed by atoms with E-state index < -0.39 is 11.2 Å². The Kier molecular flexibility index (Phi) is 3.68. The number of hydrogen-bond acceptors (Lipinski definition) is 5. The third-order valence-electron chi connectivity index (χ3n) is 4.43. The zero-order chi connectivity index (χ0) is 17.4. The van der Waals surface area contributed by atoms with Crippen LogP contribution in [0.15, 0.2) is 40.3 Å². The molecule has 4 heterocycles. The van der Waals surface area contributed by atoms with Crippen LogP contribution in [0.1, 0.15) is 23.2 Å². The molecule has 0 aliphatic carbocycles. The lowest BCUT2D eigenvalue weighted by atomic mass is 10.1. The monoisotopic (exact) mass is 340 g/mol. The molecular weight excluding hydrogens is 324 g/mol. The molecule has 1 amide bonds. The van der Waals surface area contributed by atoms with Gasteiger partial charge in [0.15, 0.2) is 0 Å². The van der Waals surface area contributed by atoms with E-state index in [-0.39, 0.29) is 23.0 Å². The standard InChI is InChI=1S/C16H16N6O3/c23-14-12-7-10(8-17-13(12)19-16(25)20-14)15(24)22-6-1-3-11(22)9-21-5-2-4-18-21/h2,4-5,7-8,11H,1,3,6,9H2,(H2,17,19,20,23,25)/t11-/m1/s1. The number of H-pyrrole nitrogens is 2. The smallest absolute Gasteiger partial charge is 0.327 e. The molecule has 1 fully saturated rings. The van der Waals surface area contributed by atoms with Crippen LogP contribution in [0, 0.1) is 0 Å². The molecule has 9 heteroatoms. The highest BCUT2D eigenvalue weighted by Crippen LogP contribution is 2.21. The van der Waals surface area contributed by atoms with E-state index in [0.29, 0.717) is 18.7 Å². The summed E-state index contributed by atoms with van der Waals surface area (Å²) < 4.78 is 1.81. The molecule has 1 aliphatic heterocycles. The minimum Gasteiger partial charge on any atom is -0.334 e. The number of carbonyl (C=O) groups excluding carboxylic acids is 1. The number of aromatic nitrogens is 5. The summed E-state index contributed by atoms with van der Waals surface area (Å²) in [5, 5.41) is 4.38. The molecule has 0 bridgehead atoms. The van der Waals surface area contributed by atoms with Crippen LogP contribution in [0.25, 0.3) is 11.0 Å². The first-order chi connectivity index (χ1) is 12.1. The number of likely N-dealkylation sites (tertiary alicyclic amines) is 1. The van der Waals surface area contributed by atoms with Crippen LogP contribution in [0.4, 0.5) is 0 Å². The van der Waals surface area contributed by atoms with Crippen LogP contribution in [0.2, 0.25) is 0 Å². The van der Waals surface area contributed by atoms with Crippen LogP contribution in [-0.2, 0) is 6.54 Å². The van der Waals surface area contributed by atoms with Gasteiger partial charge in [0.1, 0.15) is 5.65 Å². The van der Waals surface area contributed by atoms with Crippen LogP contribution in [-0.4, -0.2) is 48.1 Å². The van der Waals surface area contributed by atoms with E-state index in [9.17, 15) is 14.4 Å². The van der Waals surface area contributed by atoms with Gasteiger partial charge in [-0.2, -0.15) is 5.10 Å². The summed E-state index contributed by atoms with van der Waals surface area (Å²) in [7, 11) is 0. The van der Waals surface area contributed by atoms with E-state index in [2.05, 4.69) is 20.1 Å². The van der Waals surface area contributed by atoms with Crippen molar-refractivity contribution in [1.82, 2.24) is 29.6 Å². The van der Waals surface area contributed by atoms with Crippen molar-refractivity contribution in [1.29, 1.82) is 0 Å². The Balaban J connectivity index is 1.64. The second kappa shape index (κ2) is 6.00. The number of fused-ring (bicyclic) bond motifs is 1. The molecular formula is C16H16N6O3. The molecule has 25 heavy (non-hydrogen) atoms. The normalized spacial score (nSPS) is 17.3. The van der Waals surface area contributed by atoms with E-state index in [4.69, 9.17) is 0 Å². The largest absolute Gasteiger partial charge is 0.334 e. The molecule has 0 spiro atoms. The highest BCUT2D eigenvalue weighted by molar-refractivity contribution is 5.97. The maximum absolute atomic E-state index is 12.9. The summed E-state index contributed by atoms with van der Waals surface area (Å²) >= 11 is 0. The second-order valence-corrected chi connectivity index (χ2v) is 6.05. The fourth-order valence-corrected chi connectivity index (χ4v) is 3.25. The van der Waals surface area contributed by atoms with Crippen LogP contribution < -0.4 is 11.2 Å². The minimum absolute atomic E-state index is 0.0527. The molecule has 0 saturated carbocycles. The highest BCUT2D eigenvalue weighted by Gasteiger charge is 2.30.